The van der Waals surface area contributed by atoms with Crippen molar-refractivity contribution in [3.8, 4) is 23.3 Å². The standard InChI is InChI=1S/C17H18N4O2/c1-2-4-16(22)21-10-3-5-13(12-21)11-15-19-17(23-20-15)14-6-8-18-9-7-14/h6-9,13H,3,5,10-12H2,1H3. The molecular weight excluding hydrogens is 292 g/mol. The van der Waals surface area contributed by atoms with Crippen LogP contribution in [0.15, 0.2) is 29.0 Å². The van der Waals surface area contributed by atoms with Crippen LogP contribution < -0.4 is 0 Å². The molecule has 23 heavy (non-hydrogen) atoms. The fraction of sp³-hybridized carbons (Fsp3) is 0.412. The second kappa shape index (κ2) is 7.05. The van der Waals surface area contributed by atoms with E-state index in [1.165, 1.54) is 0 Å². The lowest BCUT2D eigenvalue weighted by Gasteiger charge is -2.30. The number of piperidine rings is 1. The van der Waals surface area contributed by atoms with E-state index in [1.807, 2.05) is 17.0 Å². The van der Waals surface area contributed by atoms with Crippen LogP contribution in [0.25, 0.3) is 11.5 Å². The van der Waals surface area contributed by atoms with E-state index < -0.39 is 0 Å². The van der Waals surface area contributed by atoms with Gasteiger partial charge in [0.25, 0.3) is 11.8 Å². The highest BCUT2D eigenvalue weighted by Crippen LogP contribution is 2.22. The van der Waals surface area contributed by atoms with Gasteiger partial charge in [0.05, 0.1) is 0 Å². The van der Waals surface area contributed by atoms with Gasteiger partial charge in [-0.2, -0.15) is 4.98 Å². The zero-order valence-electron chi connectivity index (χ0n) is 13.0. The lowest BCUT2D eigenvalue weighted by atomic mass is 9.94. The molecule has 1 aliphatic rings. The molecule has 118 valence electrons. The first kappa shape index (κ1) is 15.2. The van der Waals surface area contributed by atoms with E-state index in [0.29, 0.717) is 30.6 Å². The lowest BCUT2D eigenvalue weighted by Crippen LogP contribution is -2.40. The van der Waals surface area contributed by atoms with Gasteiger partial charge >= 0.3 is 0 Å². The Bertz CT molecular complexity index is 730. The first-order valence-corrected chi connectivity index (χ1v) is 7.71. The molecule has 3 heterocycles. The second-order valence-electron chi connectivity index (χ2n) is 5.59. The van der Waals surface area contributed by atoms with Crippen molar-refractivity contribution in [1.29, 1.82) is 0 Å². The van der Waals surface area contributed by atoms with Crippen LogP contribution >= 0.6 is 0 Å². The van der Waals surface area contributed by atoms with Crippen LogP contribution in [-0.2, 0) is 11.2 Å². The highest BCUT2D eigenvalue weighted by Gasteiger charge is 2.24. The zero-order chi connectivity index (χ0) is 16.1. The van der Waals surface area contributed by atoms with E-state index >= 15 is 0 Å². The van der Waals surface area contributed by atoms with E-state index in [2.05, 4.69) is 27.0 Å². The summed E-state index contributed by atoms with van der Waals surface area (Å²) in [6.07, 6.45) is 6.13. The maximum atomic E-state index is 11.9. The summed E-state index contributed by atoms with van der Waals surface area (Å²) in [5.74, 6) is 6.70. The molecule has 1 aliphatic heterocycles. The van der Waals surface area contributed by atoms with Gasteiger partial charge in [0.2, 0.25) is 0 Å². The fourth-order valence-electron chi connectivity index (χ4n) is 2.81. The molecule has 6 nitrogen and oxygen atoms in total. The maximum absolute atomic E-state index is 11.9. The van der Waals surface area contributed by atoms with Crippen molar-refractivity contribution >= 4 is 5.91 Å². The van der Waals surface area contributed by atoms with Gasteiger partial charge in [0.15, 0.2) is 5.82 Å². The first-order chi connectivity index (χ1) is 11.3. The molecule has 2 aromatic rings. The number of hydrogen-bond donors (Lipinski definition) is 0. The predicted octanol–water partition coefficient (Wildman–Crippen LogP) is 1.94. The summed E-state index contributed by atoms with van der Waals surface area (Å²) in [5, 5.41) is 4.05. The number of amides is 1. The number of likely N-dealkylation sites (tertiary alicyclic amines) is 1. The van der Waals surface area contributed by atoms with Gasteiger partial charge in [-0.1, -0.05) is 11.1 Å². The average molecular weight is 310 g/mol. The van der Waals surface area contributed by atoms with Gasteiger partial charge in [-0.05, 0) is 43.7 Å². The molecule has 1 fully saturated rings. The van der Waals surface area contributed by atoms with Gasteiger partial charge in [-0.3, -0.25) is 9.78 Å². The monoisotopic (exact) mass is 310 g/mol. The minimum atomic E-state index is -0.0946. The number of rotatable bonds is 3. The van der Waals surface area contributed by atoms with Gasteiger partial charge in [0.1, 0.15) is 0 Å². The number of carbonyl (C=O) groups is 1. The van der Waals surface area contributed by atoms with E-state index in [9.17, 15) is 4.79 Å². The number of nitrogens with zero attached hydrogens (tertiary/aromatic N) is 4. The number of carbonyl (C=O) groups excluding carboxylic acids is 1. The minimum absolute atomic E-state index is 0.0946. The smallest absolute Gasteiger partial charge is 0.298 e. The molecule has 0 bridgehead atoms. The van der Waals surface area contributed by atoms with Crippen LogP contribution in [0.4, 0.5) is 0 Å². The molecule has 0 saturated carbocycles. The van der Waals surface area contributed by atoms with Gasteiger partial charge < -0.3 is 9.42 Å². The van der Waals surface area contributed by atoms with Crippen molar-refractivity contribution in [2.45, 2.75) is 26.2 Å². The van der Waals surface area contributed by atoms with E-state index in [4.69, 9.17) is 4.52 Å². The second-order valence-corrected chi connectivity index (χ2v) is 5.59. The third kappa shape index (κ3) is 3.75. The van der Waals surface area contributed by atoms with Gasteiger partial charge in [-0.15, -0.1) is 0 Å². The number of pyridine rings is 1. The molecule has 3 rings (SSSR count). The Kier molecular flexibility index (Phi) is 4.67. The summed E-state index contributed by atoms with van der Waals surface area (Å²) in [4.78, 5) is 22.1. The maximum Gasteiger partial charge on any atom is 0.298 e. The van der Waals surface area contributed by atoms with Crippen LogP contribution in [0, 0.1) is 17.8 Å². The summed E-state index contributed by atoms with van der Waals surface area (Å²) in [6, 6.07) is 3.67. The number of hydrogen-bond acceptors (Lipinski definition) is 5. The molecule has 0 spiro atoms. The van der Waals surface area contributed by atoms with Crippen molar-refractivity contribution in [1.82, 2.24) is 20.0 Å². The Balaban J connectivity index is 1.64. The number of aromatic nitrogens is 3. The quantitative estimate of drug-likeness (QED) is 0.810. The fourth-order valence-corrected chi connectivity index (χ4v) is 2.81. The molecule has 1 saturated heterocycles. The molecule has 2 aromatic heterocycles. The average Bonchev–Trinajstić information content (AvgIpc) is 3.05. The Morgan fingerprint density at radius 3 is 3.04 bits per heavy atom. The summed E-state index contributed by atoms with van der Waals surface area (Å²) >= 11 is 0. The van der Waals surface area contributed by atoms with Crippen molar-refractivity contribution in [3.05, 3.63) is 30.4 Å². The Morgan fingerprint density at radius 2 is 2.26 bits per heavy atom. The Morgan fingerprint density at radius 1 is 1.43 bits per heavy atom. The van der Waals surface area contributed by atoms with Crippen LogP contribution in [0.3, 0.4) is 0 Å². The van der Waals surface area contributed by atoms with Crippen LogP contribution in [0.5, 0.6) is 0 Å². The molecule has 0 radical (unpaired) electrons. The van der Waals surface area contributed by atoms with Crippen molar-refractivity contribution in [2.24, 2.45) is 5.92 Å². The molecule has 0 N–H and O–H groups in total. The lowest BCUT2D eigenvalue weighted by molar-refractivity contribution is -0.126. The van der Waals surface area contributed by atoms with Gasteiger partial charge in [-0.25, -0.2) is 0 Å². The summed E-state index contributed by atoms with van der Waals surface area (Å²) < 4.78 is 5.31. The molecule has 1 unspecified atom stereocenters. The third-order valence-corrected chi connectivity index (χ3v) is 3.90. The summed E-state index contributed by atoms with van der Waals surface area (Å²) in [7, 11) is 0. The minimum Gasteiger partial charge on any atom is -0.334 e. The molecule has 0 aliphatic carbocycles. The third-order valence-electron chi connectivity index (χ3n) is 3.90. The summed E-state index contributed by atoms with van der Waals surface area (Å²) in [6.45, 7) is 3.16. The van der Waals surface area contributed by atoms with Crippen LogP contribution in [-0.4, -0.2) is 39.0 Å². The van der Waals surface area contributed by atoms with Crippen molar-refractivity contribution < 1.29 is 9.32 Å². The highest BCUT2D eigenvalue weighted by molar-refractivity contribution is 5.93. The summed E-state index contributed by atoms with van der Waals surface area (Å²) in [5.41, 5.74) is 0.859. The van der Waals surface area contributed by atoms with Crippen molar-refractivity contribution in [3.63, 3.8) is 0 Å². The van der Waals surface area contributed by atoms with E-state index in [1.54, 1.807) is 19.3 Å². The highest BCUT2D eigenvalue weighted by atomic mass is 16.5. The topological polar surface area (TPSA) is 72.1 Å². The Labute approximate surface area is 134 Å². The van der Waals surface area contributed by atoms with E-state index in [-0.39, 0.29) is 5.91 Å². The van der Waals surface area contributed by atoms with Crippen molar-refractivity contribution in [2.75, 3.05) is 13.1 Å². The molecule has 6 heteroatoms. The van der Waals surface area contributed by atoms with E-state index in [0.717, 1.165) is 24.9 Å². The first-order valence-electron chi connectivity index (χ1n) is 7.71. The zero-order valence-corrected chi connectivity index (χ0v) is 13.0. The van der Waals surface area contributed by atoms with Gasteiger partial charge in [0, 0.05) is 37.5 Å². The predicted molar refractivity (Wildman–Crippen MR) is 84.0 cm³/mol. The molecule has 1 atom stereocenters. The molecule has 1 amide bonds. The Hall–Kier alpha value is -2.68. The largest absolute Gasteiger partial charge is 0.334 e. The molecular formula is C17H18N4O2. The SMILES string of the molecule is CC#CC(=O)N1CCCC(Cc2noc(-c3ccncc3)n2)C1. The molecule has 0 aromatic carbocycles. The van der Waals surface area contributed by atoms with Crippen LogP contribution in [0.2, 0.25) is 0 Å². The van der Waals surface area contributed by atoms with Crippen LogP contribution in [0.1, 0.15) is 25.6 Å². The normalized spacial score (nSPS) is 17.4.